The summed E-state index contributed by atoms with van der Waals surface area (Å²) in [6.07, 6.45) is 4.45. The third-order valence-corrected chi connectivity index (χ3v) is 3.75. The van der Waals surface area contributed by atoms with Crippen LogP contribution in [0.4, 0.5) is 0 Å². The molecule has 3 aliphatic rings. The lowest BCUT2D eigenvalue weighted by Gasteiger charge is -2.30. The molecule has 2 heteroatoms. The predicted octanol–water partition coefficient (Wildman–Crippen LogP) is 1.47. The van der Waals surface area contributed by atoms with E-state index < -0.39 is 0 Å². The summed E-state index contributed by atoms with van der Waals surface area (Å²) in [7, 11) is 2.25. The number of rotatable bonds is 0. The molecule has 2 bridgehead atoms. The van der Waals surface area contributed by atoms with E-state index in [1.165, 1.54) is 32.4 Å². The second kappa shape index (κ2) is 3.25. The van der Waals surface area contributed by atoms with Gasteiger partial charge in [-0.1, -0.05) is 13.8 Å². The van der Waals surface area contributed by atoms with Crippen LogP contribution >= 0.6 is 0 Å². The minimum atomic E-state index is 0.773. The minimum absolute atomic E-state index is 0.773. The fourth-order valence-electron chi connectivity index (χ4n) is 2.99. The summed E-state index contributed by atoms with van der Waals surface area (Å²) in [5.41, 5.74) is 0.773. The molecule has 0 aromatic rings. The van der Waals surface area contributed by atoms with Crippen LogP contribution in [0.25, 0.3) is 0 Å². The fourth-order valence-corrected chi connectivity index (χ4v) is 2.99. The van der Waals surface area contributed by atoms with Crippen molar-refractivity contribution in [2.75, 3.05) is 20.1 Å². The Morgan fingerprint density at radius 3 is 2.54 bits per heavy atom. The molecule has 2 atom stereocenters. The van der Waals surface area contributed by atoms with Gasteiger partial charge in [0.2, 0.25) is 0 Å². The van der Waals surface area contributed by atoms with Crippen molar-refractivity contribution in [3.63, 3.8) is 0 Å². The highest BCUT2D eigenvalue weighted by Gasteiger charge is 2.56. The summed E-state index contributed by atoms with van der Waals surface area (Å²) in [4.78, 5) is 2.49. The smallest absolute Gasteiger partial charge is 0.0254 e. The van der Waals surface area contributed by atoms with Crippen molar-refractivity contribution in [1.29, 1.82) is 0 Å². The van der Waals surface area contributed by atoms with Gasteiger partial charge < -0.3 is 10.2 Å². The van der Waals surface area contributed by atoms with E-state index in [0.29, 0.717) is 0 Å². The number of likely N-dealkylation sites (tertiary alicyclic amines) is 1. The normalized spacial score (nSPS) is 39.9. The number of likely N-dealkylation sites (N-methyl/N-ethyl adjacent to an activating group) is 1. The third kappa shape index (κ3) is 1.50. The Morgan fingerprint density at radius 1 is 1.23 bits per heavy atom. The molecule has 2 heterocycles. The monoisotopic (exact) mass is 182 g/mol. The van der Waals surface area contributed by atoms with Crippen LogP contribution in [0.5, 0.6) is 0 Å². The Kier molecular flexibility index (Phi) is 2.37. The van der Waals surface area contributed by atoms with Gasteiger partial charge in [0.1, 0.15) is 0 Å². The number of hydrogen-bond acceptors (Lipinski definition) is 2. The van der Waals surface area contributed by atoms with Gasteiger partial charge in [0.15, 0.2) is 0 Å². The number of hydrogen-bond donors (Lipinski definition) is 1. The molecule has 1 aliphatic carbocycles. The van der Waals surface area contributed by atoms with Crippen LogP contribution in [0, 0.1) is 5.41 Å². The Hall–Kier alpha value is -0.0800. The van der Waals surface area contributed by atoms with Crippen molar-refractivity contribution in [3.05, 3.63) is 0 Å². The Balaban J connectivity index is 0.000000308. The number of piperazine rings is 1. The van der Waals surface area contributed by atoms with Crippen LogP contribution < -0.4 is 5.32 Å². The first-order valence-electron chi connectivity index (χ1n) is 5.73. The first-order valence-corrected chi connectivity index (χ1v) is 5.73. The largest absolute Gasteiger partial charge is 0.308 e. The molecule has 1 N–H and O–H groups in total. The highest BCUT2D eigenvalue weighted by molar-refractivity contribution is 5.13. The van der Waals surface area contributed by atoms with Crippen molar-refractivity contribution in [3.8, 4) is 0 Å². The summed E-state index contributed by atoms with van der Waals surface area (Å²) in [5, 5.41) is 3.73. The lowest BCUT2D eigenvalue weighted by Crippen LogP contribution is -2.50. The fraction of sp³-hybridized carbons (Fsp3) is 1.00. The molecule has 0 amide bonds. The molecular formula is C11H22N2. The van der Waals surface area contributed by atoms with E-state index in [0.717, 1.165) is 17.5 Å². The molecule has 0 radical (unpaired) electrons. The van der Waals surface area contributed by atoms with Crippen LogP contribution in [-0.2, 0) is 0 Å². The Labute approximate surface area is 81.7 Å². The van der Waals surface area contributed by atoms with Crippen molar-refractivity contribution < 1.29 is 0 Å². The van der Waals surface area contributed by atoms with E-state index >= 15 is 0 Å². The van der Waals surface area contributed by atoms with E-state index in [1.54, 1.807) is 0 Å². The van der Waals surface area contributed by atoms with Crippen LogP contribution in [0.2, 0.25) is 0 Å². The first kappa shape index (κ1) is 9.47. The molecule has 1 spiro atoms. The summed E-state index contributed by atoms with van der Waals surface area (Å²) in [5.74, 6) is 0. The van der Waals surface area contributed by atoms with Gasteiger partial charge in [-0.05, 0) is 31.7 Å². The summed E-state index contributed by atoms with van der Waals surface area (Å²) >= 11 is 0. The van der Waals surface area contributed by atoms with E-state index in [-0.39, 0.29) is 0 Å². The molecule has 1 saturated carbocycles. The molecule has 0 aromatic carbocycles. The Morgan fingerprint density at radius 2 is 1.92 bits per heavy atom. The third-order valence-electron chi connectivity index (χ3n) is 3.75. The number of fused-ring (bicyclic) bond motifs is 3. The average Bonchev–Trinajstić information content (AvgIpc) is 2.83. The molecular weight excluding hydrogens is 160 g/mol. The lowest BCUT2D eigenvalue weighted by molar-refractivity contribution is 0.222. The van der Waals surface area contributed by atoms with Gasteiger partial charge in [0, 0.05) is 25.2 Å². The standard InChI is InChI=1S/C9H16N2.C2H6/c1-11-5-7-4-9(2-3-9)8(6-11)10-7;1-2/h7-8,10H,2-6H2,1H3;1-2H3. The maximum atomic E-state index is 3.73. The zero-order valence-corrected chi connectivity index (χ0v) is 9.14. The van der Waals surface area contributed by atoms with Crippen molar-refractivity contribution in [2.45, 2.75) is 45.2 Å². The van der Waals surface area contributed by atoms with Crippen molar-refractivity contribution in [2.24, 2.45) is 5.41 Å². The SMILES string of the molecule is CC.CN1CC2CC3(CC3)C(C1)N2. The van der Waals surface area contributed by atoms with Gasteiger partial charge in [-0.2, -0.15) is 0 Å². The maximum Gasteiger partial charge on any atom is 0.0254 e. The van der Waals surface area contributed by atoms with E-state index in [1.807, 2.05) is 13.8 Å². The van der Waals surface area contributed by atoms with Gasteiger partial charge in [0.25, 0.3) is 0 Å². The summed E-state index contributed by atoms with van der Waals surface area (Å²) < 4.78 is 0. The molecule has 2 saturated heterocycles. The van der Waals surface area contributed by atoms with Crippen LogP contribution in [0.3, 0.4) is 0 Å². The molecule has 3 rings (SSSR count). The van der Waals surface area contributed by atoms with E-state index in [2.05, 4.69) is 17.3 Å². The minimum Gasteiger partial charge on any atom is -0.308 e. The van der Waals surface area contributed by atoms with Gasteiger partial charge in [-0.3, -0.25) is 0 Å². The van der Waals surface area contributed by atoms with E-state index in [4.69, 9.17) is 0 Å². The van der Waals surface area contributed by atoms with Gasteiger partial charge in [-0.25, -0.2) is 0 Å². The quantitative estimate of drug-likeness (QED) is 0.610. The van der Waals surface area contributed by atoms with Gasteiger partial charge in [-0.15, -0.1) is 0 Å². The molecule has 76 valence electrons. The zero-order chi connectivity index (χ0) is 9.47. The highest BCUT2D eigenvalue weighted by atomic mass is 15.2. The molecule has 13 heavy (non-hydrogen) atoms. The van der Waals surface area contributed by atoms with Crippen LogP contribution in [0.1, 0.15) is 33.1 Å². The first-order chi connectivity index (χ1) is 6.28. The van der Waals surface area contributed by atoms with Crippen molar-refractivity contribution in [1.82, 2.24) is 10.2 Å². The Bertz CT molecular complexity index is 187. The van der Waals surface area contributed by atoms with Crippen molar-refractivity contribution >= 4 is 0 Å². The van der Waals surface area contributed by atoms with Crippen LogP contribution in [-0.4, -0.2) is 37.1 Å². The molecule has 2 nitrogen and oxygen atoms in total. The molecule has 2 unspecified atom stereocenters. The summed E-state index contributed by atoms with van der Waals surface area (Å²) in [6.45, 7) is 6.56. The van der Waals surface area contributed by atoms with Gasteiger partial charge >= 0.3 is 0 Å². The summed E-state index contributed by atoms with van der Waals surface area (Å²) in [6, 6.07) is 1.66. The number of nitrogens with zero attached hydrogens (tertiary/aromatic N) is 1. The predicted molar refractivity (Wildman–Crippen MR) is 55.8 cm³/mol. The zero-order valence-electron chi connectivity index (χ0n) is 9.14. The van der Waals surface area contributed by atoms with E-state index in [9.17, 15) is 0 Å². The lowest BCUT2D eigenvalue weighted by atomic mass is 9.97. The molecule has 3 fully saturated rings. The maximum absolute atomic E-state index is 3.73. The average molecular weight is 182 g/mol. The number of nitrogens with one attached hydrogen (secondary N) is 1. The highest BCUT2D eigenvalue weighted by Crippen LogP contribution is 2.56. The topological polar surface area (TPSA) is 15.3 Å². The van der Waals surface area contributed by atoms with Gasteiger partial charge in [0.05, 0.1) is 0 Å². The molecule has 0 aromatic heterocycles. The second-order valence-corrected chi connectivity index (χ2v) is 4.70. The second-order valence-electron chi connectivity index (χ2n) is 4.70. The molecule has 2 aliphatic heterocycles. The van der Waals surface area contributed by atoms with Crippen LogP contribution in [0.15, 0.2) is 0 Å².